The molecule has 1 amide bonds. The van der Waals surface area contributed by atoms with Crippen LogP contribution in [0.3, 0.4) is 0 Å². The maximum Gasteiger partial charge on any atom is 0.236 e. The number of rotatable bonds is 2. The highest BCUT2D eigenvalue weighted by Gasteiger charge is 2.15. The summed E-state index contributed by atoms with van der Waals surface area (Å²) in [6.45, 7) is 7.42. The first kappa shape index (κ1) is 27.7. The second-order valence-corrected chi connectivity index (χ2v) is 6.68. The standard InChI is InChI=1S/C7H8S.C6H12N2O.C5H10.C2H3N.C2H6/c1-8-7-5-3-2-4-6-7;7-5-6(9)8-3-1-2-4-8;1-2-4-5-3-1;1-2-3;1-2/h2-6H,1H3;1-5,7H2;1-5H2;1H3;1-2H3. The quantitative estimate of drug-likeness (QED) is 0.675. The summed E-state index contributed by atoms with van der Waals surface area (Å²) >= 11 is 1.77. The van der Waals surface area contributed by atoms with E-state index in [2.05, 4.69) is 18.4 Å². The number of carbonyl (C=O) groups is 1. The van der Waals surface area contributed by atoms with E-state index in [1.54, 1.807) is 17.8 Å². The average molecular weight is 394 g/mol. The summed E-state index contributed by atoms with van der Waals surface area (Å²) in [5.41, 5.74) is 5.16. The van der Waals surface area contributed by atoms with Crippen LogP contribution < -0.4 is 5.73 Å². The maximum atomic E-state index is 10.8. The minimum atomic E-state index is 0.0903. The molecule has 0 bridgehead atoms. The van der Waals surface area contributed by atoms with Gasteiger partial charge < -0.3 is 10.6 Å². The average Bonchev–Trinajstić information content (AvgIpc) is 3.47. The van der Waals surface area contributed by atoms with Crippen LogP contribution in [0.1, 0.15) is 65.7 Å². The van der Waals surface area contributed by atoms with Crippen LogP contribution >= 0.6 is 11.8 Å². The monoisotopic (exact) mass is 393 g/mol. The van der Waals surface area contributed by atoms with Crippen molar-refractivity contribution in [3.8, 4) is 6.07 Å². The molecule has 1 aliphatic heterocycles. The van der Waals surface area contributed by atoms with Gasteiger partial charge in [0.2, 0.25) is 5.91 Å². The molecule has 0 unspecified atom stereocenters. The van der Waals surface area contributed by atoms with E-state index in [1.807, 2.05) is 36.9 Å². The summed E-state index contributed by atoms with van der Waals surface area (Å²) in [5.74, 6) is 0.0903. The Kier molecular flexibility index (Phi) is 23.1. The first-order chi connectivity index (χ1) is 13.2. The van der Waals surface area contributed by atoms with Crippen molar-refractivity contribution in [2.24, 2.45) is 5.73 Å². The second kappa shape index (κ2) is 22.5. The Bertz CT molecular complexity index is 457. The Morgan fingerprint density at radius 2 is 1.44 bits per heavy atom. The van der Waals surface area contributed by atoms with Crippen LogP contribution in [0.4, 0.5) is 0 Å². The lowest BCUT2D eigenvalue weighted by molar-refractivity contribution is -0.128. The zero-order valence-corrected chi connectivity index (χ0v) is 18.6. The molecule has 4 nitrogen and oxygen atoms in total. The van der Waals surface area contributed by atoms with Crippen LogP contribution in [0.15, 0.2) is 35.2 Å². The first-order valence-corrected chi connectivity index (χ1v) is 11.3. The molecule has 0 spiro atoms. The van der Waals surface area contributed by atoms with Gasteiger partial charge in [0.15, 0.2) is 0 Å². The number of nitrogens with two attached hydrogens (primary N) is 1. The lowest BCUT2D eigenvalue weighted by atomic mass is 10.4. The van der Waals surface area contributed by atoms with Crippen molar-refractivity contribution in [3.05, 3.63) is 30.3 Å². The highest BCUT2D eigenvalue weighted by atomic mass is 32.2. The van der Waals surface area contributed by atoms with E-state index in [4.69, 9.17) is 11.0 Å². The van der Waals surface area contributed by atoms with Gasteiger partial charge in [0.1, 0.15) is 0 Å². The van der Waals surface area contributed by atoms with E-state index in [0.717, 1.165) is 25.9 Å². The van der Waals surface area contributed by atoms with Crippen molar-refractivity contribution in [2.45, 2.75) is 70.6 Å². The van der Waals surface area contributed by atoms with Crippen molar-refractivity contribution in [2.75, 3.05) is 25.9 Å². The molecule has 2 N–H and O–H groups in total. The summed E-state index contributed by atoms with van der Waals surface area (Å²) in [5, 5.41) is 7.32. The molecule has 5 heteroatoms. The molecule has 0 radical (unpaired) electrons. The molecule has 27 heavy (non-hydrogen) atoms. The van der Waals surface area contributed by atoms with Gasteiger partial charge in [-0.05, 0) is 31.2 Å². The number of nitriles is 1. The molecule has 0 atom stereocenters. The molecule has 1 saturated heterocycles. The van der Waals surface area contributed by atoms with Gasteiger partial charge in [-0.2, -0.15) is 5.26 Å². The molecule has 1 heterocycles. The zero-order valence-electron chi connectivity index (χ0n) is 17.7. The van der Waals surface area contributed by atoms with Gasteiger partial charge in [-0.25, -0.2) is 0 Å². The van der Waals surface area contributed by atoms with Crippen LogP contribution in [-0.4, -0.2) is 36.7 Å². The van der Waals surface area contributed by atoms with Crippen molar-refractivity contribution < 1.29 is 4.79 Å². The normalized spacial score (nSPS) is 13.9. The third-order valence-corrected chi connectivity index (χ3v) is 4.61. The number of likely N-dealkylation sites (tertiary alicyclic amines) is 1. The summed E-state index contributed by atoms with van der Waals surface area (Å²) in [7, 11) is 0. The molecule has 3 rings (SSSR count). The molecular weight excluding hydrogens is 354 g/mol. The Balaban J connectivity index is 0. The van der Waals surface area contributed by atoms with Crippen molar-refractivity contribution in [3.63, 3.8) is 0 Å². The number of amides is 1. The van der Waals surface area contributed by atoms with Gasteiger partial charge >= 0.3 is 0 Å². The number of benzene rings is 1. The van der Waals surface area contributed by atoms with Crippen LogP contribution in [0, 0.1) is 11.3 Å². The maximum absolute atomic E-state index is 10.8. The Morgan fingerprint density at radius 3 is 1.74 bits per heavy atom. The minimum absolute atomic E-state index is 0.0903. The summed E-state index contributed by atoms with van der Waals surface area (Å²) in [4.78, 5) is 14.0. The summed E-state index contributed by atoms with van der Waals surface area (Å²) < 4.78 is 0. The van der Waals surface area contributed by atoms with Gasteiger partial charge in [-0.1, -0.05) is 64.2 Å². The smallest absolute Gasteiger partial charge is 0.236 e. The van der Waals surface area contributed by atoms with E-state index in [-0.39, 0.29) is 12.5 Å². The van der Waals surface area contributed by atoms with E-state index >= 15 is 0 Å². The third kappa shape index (κ3) is 17.7. The second-order valence-electron chi connectivity index (χ2n) is 5.80. The lowest BCUT2D eigenvalue weighted by Gasteiger charge is -2.12. The van der Waals surface area contributed by atoms with E-state index in [9.17, 15) is 4.79 Å². The predicted octanol–water partition coefficient (Wildman–Crippen LogP) is 5.48. The first-order valence-electron chi connectivity index (χ1n) is 10.1. The van der Waals surface area contributed by atoms with Gasteiger partial charge in [0.05, 0.1) is 12.6 Å². The fraction of sp³-hybridized carbons (Fsp3) is 0.636. The van der Waals surface area contributed by atoms with Crippen LogP contribution in [0.2, 0.25) is 0 Å². The van der Waals surface area contributed by atoms with Crippen LogP contribution in [0.5, 0.6) is 0 Å². The molecule has 1 saturated carbocycles. The fourth-order valence-corrected chi connectivity index (χ4v) is 2.97. The van der Waals surface area contributed by atoms with Gasteiger partial charge in [-0.15, -0.1) is 11.8 Å². The molecule has 1 aliphatic carbocycles. The highest BCUT2D eigenvalue weighted by Crippen LogP contribution is 2.15. The molecule has 0 aromatic heterocycles. The highest BCUT2D eigenvalue weighted by molar-refractivity contribution is 7.98. The molecule has 1 aromatic rings. The Labute approximate surface area is 171 Å². The Morgan fingerprint density at radius 1 is 1.04 bits per heavy atom. The summed E-state index contributed by atoms with van der Waals surface area (Å²) in [6, 6.07) is 12.1. The molecule has 1 aromatic carbocycles. The molecule has 2 aliphatic rings. The van der Waals surface area contributed by atoms with Crippen molar-refractivity contribution >= 4 is 17.7 Å². The SMILES string of the molecule is C1CCCC1.CC.CC#N.CSc1ccccc1.NCC(=O)N1CCCC1. The molecular formula is C22H39N3OS. The number of nitrogens with zero attached hydrogens (tertiary/aromatic N) is 2. The van der Waals surface area contributed by atoms with Crippen LogP contribution in [0.25, 0.3) is 0 Å². The van der Waals surface area contributed by atoms with Gasteiger partial charge in [-0.3, -0.25) is 4.79 Å². The van der Waals surface area contributed by atoms with Gasteiger partial charge in [0, 0.05) is 24.9 Å². The third-order valence-electron chi connectivity index (χ3n) is 3.86. The topological polar surface area (TPSA) is 70.1 Å². The van der Waals surface area contributed by atoms with Crippen molar-refractivity contribution in [1.82, 2.24) is 4.90 Å². The molecule has 154 valence electrons. The lowest BCUT2D eigenvalue weighted by Crippen LogP contribution is -2.33. The summed E-state index contributed by atoms with van der Waals surface area (Å²) in [6.07, 6.45) is 11.9. The number of carbonyl (C=O) groups excluding carboxylic acids is 1. The number of thioether (sulfide) groups is 1. The Hall–Kier alpha value is -1.51. The number of hydrogen-bond acceptors (Lipinski definition) is 4. The molecule has 2 fully saturated rings. The van der Waals surface area contributed by atoms with Gasteiger partial charge in [0.25, 0.3) is 0 Å². The van der Waals surface area contributed by atoms with Crippen molar-refractivity contribution in [1.29, 1.82) is 5.26 Å². The predicted molar refractivity (Wildman–Crippen MR) is 119 cm³/mol. The minimum Gasteiger partial charge on any atom is -0.342 e. The largest absolute Gasteiger partial charge is 0.342 e. The van der Waals surface area contributed by atoms with E-state index < -0.39 is 0 Å². The zero-order chi connectivity index (χ0) is 20.8. The number of hydrogen-bond donors (Lipinski definition) is 1. The fourth-order valence-electron chi connectivity index (χ4n) is 2.54. The van der Waals surface area contributed by atoms with E-state index in [1.165, 1.54) is 43.9 Å². The van der Waals surface area contributed by atoms with E-state index in [0.29, 0.717) is 0 Å². The van der Waals surface area contributed by atoms with Crippen LogP contribution in [-0.2, 0) is 4.79 Å².